The van der Waals surface area contributed by atoms with Crippen molar-refractivity contribution in [1.82, 2.24) is 14.8 Å². The van der Waals surface area contributed by atoms with Crippen LogP contribution in [0.15, 0.2) is 24.5 Å². The number of hydrogen-bond acceptors (Lipinski definition) is 3. The van der Waals surface area contributed by atoms with E-state index in [1.165, 1.54) is 0 Å². The highest BCUT2D eigenvalue weighted by molar-refractivity contribution is 5.32. The first-order chi connectivity index (χ1) is 9.42. The van der Waals surface area contributed by atoms with Gasteiger partial charge in [0.05, 0.1) is 5.60 Å². The highest BCUT2D eigenvalue weighted by atomic mass is 16.3. The molecule has 1 aromatic heterocycles. The van der Waals surface area contributed by atoms with E-state index in [1.54, 1.807) is 6.33 Å². The Balaban J connectivity index is 2.27. The van der Waals surface area contributed by atoms with Gasteiger partial charge in [-0.1, -0.05) is 36.2 Å². The Kier molecular flexibility index (Phi) is 4.23. The van der Waals surface area contributed by atoms with Crippen LogP contribution in [0.4, 0.5) is 0 Å². The molecule has 1 aromatic carbocycles. The van der Waals surface area contributed by atoms with Crippen molar-refractivity contribution in [2.75, 3.05) is 0 Å². The summed E-state index contributed by atoms with van der Waals surface area (Å²) in [4.78, 5) is 4.28. The first kappa shape index (κ1) is 14.7. The molecule has 1 N–H and O–H groups in total. The van der Waals surface area contributed by atoms with Crippen molar-refractivity contribution < 1.29 is 5.11 Å². The SMILES string of the molecule is CCCn1ncnc1CC(C)(O)c1cc(C)cc(C)c1. The van der Waals surface area contributed by atoms with Gasteiger partial charge in [-0.05, 0) is 32.8 Å². The smallest absolute Gasteiger partial charge is 0.138 e. The van der Waals surface area contributed by atoms with Gasteiger partial charge in [-0.2, -0.15) is 5.10 Å². The second-order valence-electron chi connectivity index (χ2n) is 5.73. The van der Waals surface area contributed by atoms with E-state index < -0.39 is 5.60 Å². The summed E-state index contributed by atoms with van der Waals surface area (Å²) in [7, 11) is 0. The number of aliphatic hydroxyl groups is 1. The van der Waals surface area contributed by atoms with Crippen LogP contribution in [0, 0.1) is 13.8 Å². The molecule has 108 valence electrons. The van der Waals surface area contributed by atoms with E-state index in [9.17, 15) is 5.11 Å². The van der Waals surface area contributed by atoms with Gasteiger partial charge in [0.1, 0.15) is 12.2 Å². The molecule has 2 rings (SSSR count). The van der Waals surface area contributed by atoms with E-state index in [0.29, 0.717) is 6.42 Å². The normalized spacial score (nSPS) is 14.2. The fourth-order valence-electron chi connectivity index (χ4n) is 2.52. The van der Waals surface area contributed by atoms with Crippen molar-refractivity contribution in [3.8, 4) is 0 Å². The summed E-state index contributed by atoms with van der Waals surface area (Å²) in [6.07, 6.45) is 3.03. The number of rotatable bonds is 5. The van der Waals surface area contributed by atoms with Gasteiger partial charge < -0.3 is 5.11 Å². The molecule has 0 amide bonds. The van der Waals surface area contributed by atoms with E-state index in [-0.39, 0.29) is 0 Å². The summed E-state index contributed by atoms with van der Waals surface area (Å²) in [6.45, 7) is 8.87. The van der Waals surface area contributed by atoms with Gasteiger partial charge in [0.2, 0.25) is 0 Å². The quantitative estimate of drug-likeness (QED) is 0.911. The van der Waals surface area contributed by atoms with Crippen LogP contribution in [-0.4, -0.2) is 19.9 Å². The molecular weight excluding hydrogens is 250 g/mol. The largest absolute Gasteiger partial charge is 0.385 e. The molecule has 0 spiro atoms. The molecule has 0 aliphatic rings. The highest BCUT2D eigenvalue weighted by Gasteiger charge is 2.26. The molecular formula is C16H23N3O. The average Bonchev–Trinajstić information content (AvgIpc) is 2.75. The van der Waals surface area contributed by atoms with Gasteiger partial charge in [-0.25, -0.2) is 9.67 Å². The zero-order chi connectivity index (χ0) is 14.8. The van der Waals surface area contributed by atoms with Crippen molar-refractivity contribution in [3.63, 3.8) is 0 Å². The molecule has 0 saturated carbocycles. The molecule has 4 nitrogen and oxygen atoms in total. The van der Waals surface area contributed by atoms with Crippen LogP contribution < -0.4 is 0 Å². The van der Waals surface area contributed by atoms with Gasteiger partial charge in [0.25, 0.3) is 0 Å². The predicted molar refractivity (Wildman–Crippen MR) is 79.5 cm³/mol. The second-order valence-corrected chi connectivity index (χ2v) is 5.73. The number of aromatic nitrogens is 3. The van der Waals surface area contributed by atoms with E-state index in [4.69, 9.17) is 0 Å². The third-order valence-electron chi connectivity index (χ3n) is 3.48. The average molecular weight is 273 g/mol. The summed E-state index contributed by atoms with van der Waals surface area (Å²) < 4.78 is 1.87. The first-order valence-corrected chi connectivity index (χ1v) is 7.10. The molecule has 1 unspecified atom stereocenters. The molecule has 1 atom stereocenters. The molecule has 0 saturated heterocycles. The maximum Gasteiger partial charge on any atom is 0.138 e. The molecule has 0 aliphatic carbocycles. The second kappa shape index (κ2) is 5.75. The van der Waals surface area contributed by atoms with E-state index in [2.05, 4.69) is 23.1 Å². The van der Waals surface area contributed by atoms with Crippen molar-refractivity contribution in [3.05, 3.63) is 47.0 Å². The Hall–Kier alpha value is -1.68. The van der Waals surface area contributed by atoms with Crippen molar-refractivity contribution >= 4 is 0 Å². The third-order valence-corrected chi connectivity index (χ3v) is 3.48. The minimum Gasteiger partial charge on any atom is -0.385 e. The monoisotopic (exact) mass is 273 g/mol. The molecule has 0 fully saturated rings. The maximum absolute atomic E-state index is 10.8. The number of hydrogen-bond donors (Lipinski definition) is 1. The number of benzene rings is 1. The van der Waals surface area contributed by atoms with Crippen LogP contribution in [0.1, 0.15) is 42.8 Å². The standard InChI is InChI=1S/C16H23N3O/c1-5-6-19-15(17-11-18-19)10-16(4,20)14-8-12(2)7-13(3)9-14/h7-9,11,20H,5-6,10H2,1-4H3. The molecule has 0 aliphatic heterocycles. The van der Waals surface area contributed by atoms with Crippen LogP contribution in [0.5, 0.6) is 0 Å². The fourth-order valence-corrected chi connectivity index (χ4v) is 2.52. The molecule has 0 radical (unpaired) electrons. The zero-order valence-electron chi connectivity index (χ0n) is 12.7. The van der Waals surface area contributed by atoms with Gasteiger partial charge in [-0.15, -0.1) is 0 Å². The minimum atomic E-state index is -0.935. The van der Waals surface area contributed by atoms with E-state index in [1.807, 2.05) is 37.6 Å². The summed E-state index contributed by atoms with van der Waals surface area (Å²) in [5.74, 6) is 0.830. The van der Waals surface area contributed by atoms with Gasteiger partial charge in [-0.3, -0.25) is 0 Å². The van der Waals surface area contributed by atoms with Crippen LogP contribution >= 0.6 is 0 Å². The first-order valence-electron chi connectivity index (χ1n) is 7.10. The Morgan fingerprint density at radius 3 is 2.45 bits per heavy atom. The lowest BCUT2D eigenvalue weighted by Crippen LogP contribution is -2.26. The van der Waals surface area contributed by atoms with E-state index in [0.717, 1.165) is 35.5 Å². The fraction of sp³-hybridized carbons (Fsp3) is 0.500. The lowest BCUT2D eigenvalue weighted by molar-refractivity contribution is 0.0541. The van der Waals surface area contributed by atoms with Gasteiger partial charge >= 0.3 is 0 Å². The number of aryl methyl sites for hydroxylation is 3. The zero-order valence-corrected chi connectivity index (χ0v) is 12.7. The van der Waals surface area contributed by atoms with Crippen LogP contribution in [-0.2, 0) is 18.6 Å². The molecule has 1 heterocycles. The Morgan fingerprint density at radius 2 is 1.85 bits per heavy atom. The molecule has 20 heavy (non-hydrogen) atoms. The highest BCUT2D eigenvalue weighted by Crippen LogP contribution is 2.26. The third kappa shape index (κ3) is 3.25. The van der Waals surface area contributed by atoms with E-state index >= 15 is 0 Å². The summed E-state index contributed by atoms with van der Waals surface area (Å²) >= 11 is 0. The summed E-state index contributed by atoms with van der Waals surface area (Å²) in [6, 6.07) is 6.18. The Bertz CT molecular complexity index is 567. The summed E-state index contributed by atoms with van der Waals surface area (Å²) in [5, 5.41) is 15.0. The van der Waals surface area contributed by atoms with Crippen molar-refractivity contribution in [2.45, 2.75) is 52.7 Å². The van der Waals surface area contributed by atoms with Crippen molar-refractivity contribution in [1.29, 1.82) is 0 Å². The number of nitrogens with zero attached hydrogens (tertiary/aromatic N) is 3. The van der Waals surface area contributed by atoms with Gasteiger partial charge in [0.15, 0.2) is 0 Å². The molecule has 0 bridgehead atoms. The molecule has 2 aromatic rings. The van der Waals surface area contributed by atoms with Crippen molar-refractivity contribution in [2.24, 2.45) is 0 Å². The Morgan fingerprint density at radius 1 is 1.20 bits per heavy atom. The van der Waals surface area contributed by atoms with Crippen LogP contribution in [0.25, 0.3) is 0 Å². The van der Waals surface area contributed by atoms with Crippen LogP contribution in [0.2, 0.25) is 0 Å². The minimum absolute atomic E-state index is 0.468. The topological polar surface area (TPSA) is 50.9 Å². The lowest BCUT2D eigenvalue weighted by atomic mass is 9.90. The lowest BCUT2D eigenvalue weighted by Gasteiger charge is -2.24. The molecule has 4 heteroatoms. The summed E-state index contributed by atoms with van der Waals surface area (Å²) in [5.41, 5.74) is 2.32. The maximum atomic E-state index is 10.8. The van der Waals surface area contributed by atoms with Crippen LogP contribution in [0.3, 0.4) is 0 Å². The Labute approximate surface area is 120 Å². The van der Waals surface area contributed by atoms with Gasteiger partial charge in [0, 0.05) is 13.0 Å². The predicted octanol–water partition coefficient (Wildman–Crippen LogP) is 2.76.